The Bertz CT molecular complexity index is 890. The molecule has 3 rings (SSSR count). The second-order valence-corrected chi connectivity index (χ2v) is 5.90. The van der Waals surface area contributed by atoms with Crippen molar-refractivity contribution in [3.05, 3.63) is 58.9 Å². The lowest BCUT2D eigenvalue weighted by Crippen LogP contribution is -2.27. The first kappa shape index (κ1) is 17.4. The minimum absolute atomic E-state index is 0.201. The van der Waals surface area contributed by atoms with Crippen LogP contribution in [0.5, 0.6) is 0 Å². The second-order valence-electron chi connectivity index (χ2n) is 5.47. The van der Waals surface area contributed by atoms with Crippen LogP contribution in [0.15, 0.2) is 42.6 Å². The Morgan fingerprint density at radius 2 is 2.04 bits per heavy atom. The summed E-state index contributed by atoms with van der Waals surface area (Å²) in [5.74, 6) is -0.204. The summed E-state index contributed by atoms with van der Waals surface area (Å²) in [6.45, 7) is 0.676. The Balaban J connectivity index is 1.99. The van der Waals surface area contributed by atoms with E-state index in [1.54, 1.807) is 42.0 Å². The number of aromatic nitrogens is 2. The third-order valence-electron chi connectivity index (χ3n) is 3.84. The predicted molar refractivity (Wildman–Crippen MR) is 95.8 cm³/mol. The molecule has 0 aliphatic rings. The number of aliphatic hydroxyl groups is 1. The van der Waals surface area contributed by atoms with Gasteiger partial charge in [-0.15, -0.1) is 0 Å². The zero-order valence-electron chi connectivity index (χ0n) is 13.7. The van der Waals surface area contributed by atoms with E-state index in [9.17, 15) is 9.90 Å². The van der Waals surface area contributed by atoms with Crippen LogP contribution in [0.2, 0.25) is 5.02 Å². The zero-order valence-corrected chi connectivity index (χ0v) is 14.5. The molecule has 0 saturated carbocycles. The Hall–Kier alpha value is -2.41. The number of hydrogen-bond donors (Lipinski definition) is 2. The molecule has 0 aliphatic carbocycles. The third-order valence-corrected chi connectivity index (χ3v) is 4.09. The summed E-state index contributed by atoms with van der Waals surface area (Å²) in [6.07, 6.45) is 1.68. The minimum atomic E-state index is -0.204. The fraction of sp³-hybridized carbons (Fsp3) is 0.222. The number of fused-ring (bicyclic) bond motifs is 1. The van der Waals surface area contributed by atoms with Gasteiger partial charge >= 0.3 is 0 Å². The van der Waals surface area contributed by atoms with E-state index in [-0.39, 0.29) is 12.5 Å². The van der Waals surface area contributed by atoms with Crippen molar-refractivity contribution in [3.8, 4) is 11.3 Å². The van der Waals surface area contributed by atoms with Gasteiger partial charge in [-0.2, -0.15) is 0 Å². The van der Waals surface area contributed by atoms with Gasteiger partial charge < -0.3 is 19.6 Å². The summed E-state index contributed by atoms with van der Waals surface area (Å²) in [6, 6.07) is 10.7. The number of nitrogens with zero attached hydrogens (tertiary/aromatic N) is 2. The maximum absolute atomic E-state index is 12.2. The predicted octanol–water partition coefficient (Wildman–Crippen LogP) is 2.52. The van der Waals surface area contributed by atoms with Gasteiger partial charge in [-0.3, -0.25) is 4.79 Å². The summed E-state index contributed by atoms with van der Waals surface area (Å²) < 4.78 is 6.65. The number of amides is 1. The maximum Gasteiger partial charge on any atom is 0.252 e. The highest BCUT2D eigenvalue weighted by Gasteiger charge is 2.15. The maximum atomic E-state index is 12.2. The summed E-state index contributed by atoms with van der Waals surface area (Å²) in [5, 5.41) is 13.2. The number of aliphatic hydroxyl groups excluding tert-OH is 1. The van der Waals surface area contributed by atoms with Crippen molar-refractivity contribution in [2.24, 2.45) is 0 Å². The molecule has 2 aromatic heterocycles. The topological polar surface area (TPSA) is 75.9 Å². The molecular weight excluding hydrogens is 342 g/mol. The van der Waals surface area contributed by atoms with E-state index in [0.29, 0.717) is 40.8 Å². The number of ether oxygens (including phenoxy) is 1. The summed E-state index contributed by atoms with van der Waals surface area (Å²) in [5.41, 5.74) is 3.27. The minimum Gasteiger partial charge on any atom is -0.390 e. The number of pyridine rings is 1. The van der Waals surface area contributed by atoms with Crippen LogP contribution in [0.4, 0.5) is 0 Å². The van der Waals surface area contributed by atoms with E-state index in [0.717, 1.165) is 5.56 Å². The first-order valence-corrected chi connectivity index (χ1v) is 8.16. The molecule has 2 N–H and O–H groups in total. The number of nitrogens with one attached hydrogen (secondary N) is 1. The van der Waals surface area contributed by atoms with Gasteiger partial charge in [0, 0.05) is 30.4 Å². The normalized spacial score (nSPS) is 11.0. The molecule has 0 atom stereocenters. The van der Waals surface area contributed by atoms with Crippen LogP contribution in [0.3, 0.4) is 0 Å². The standard InChI is InChI=1S/C18H18ClN3O3/c1-25-9-8-20-18(24)13-4-7-16-21-17(15(11-23)22(16)10-13)12-2-5-14(19)6-3-12/h2-7,10,23H,8-9,11H2,1H3,(H,20,24). The highest BCUT2D eigenvalue weighted by molar-refractivity contribution is 6.30. The van der Waals surface area contributed by atoms with Gasteiger partial charge in [0.2, 0.25) is 0 Å². The molecule has 0 fully saturated rings. The van der Waals surface area contributed by atoms with Crippen molar-refractivity contribution in [3.63, 3.8) is 0 Å². The Morgan fingerprint density at radius 1 is 1.28 bits per heavy atom. The molecule has 0 bridgehead atoms. The molecule has 3 aromatic rings. The van der Waals surface area contributed by atoms with Crippen molar-refractivity contribution in [1.82, 2.24) is 14.7 Å². The Labute approximate surface area is 150 Å². The lowest BCUT2D eigenvalue weighted by Gasteiger charge is -2.06. The average Bonchev–Trinajstić information content (AvgIpc) is 3.00. The number of carbonyl (C=O) groups is 1. The largest absolute Gasteiger partial charge is 0.390 e. The molecule has 7 heteroatoms. The van der Waals surface area contributed by atoms with Crippen molar-refractivity contribution in [1.29, 1.82) is 0 Å². The molecule has 0 radical (unpaired) electrons. The van der Waals surface area contributed by atoms with Crippen molar-refractivity contribution in [2.75, 3.05) is 20.3 Å². The molecule has 0 unspecified atom stereocenters. The third kappa shape index (κ3) is 3.66. The van der Waals surface area contributed by atoms with Crippen molar-refractivity contribution >= 4 is 23.2 Å². The summed E-state index contributed by atoms with van der Waals surface area (Å²) in [7, 11) is 1.58. The lowest BCUT2D eigenvalue weighted by atomic mass is 10.1. The molecule has 0 aliphatic heterocycles. The molecule has 0 spiro atoms. The Morgan fingerprint density at radius 3 is 2.72 bits per heavy atom. The molecule has 130 valence electrons. The number of benzene rings is 1. The first-order chi connectivity index (χ1) is 12.1. The smallest absolute Gasteiger partial charge is 0.252 e. The van der Waals surface area contributed by atoms with Gasteiger partial charge in [0.25, 0.3) is 5.91 Å². The van der Waals surface area contributed by atoms with Gasteiger partial charge in [-0.05, 0) is 24.3 Å². The number of rotatable bonds is 6. The Kier molecular flexibility index (Phi) is 5.33. The molecule has 0 saturated heterocycles. The van der Waals surface area contributed by atoms with E-state index in [2.05, 4.69) is 10.3 Å². The summed E-state index contributed by atoms with van der Waals surface area (Å²) in [4.78, 5) is 16.8. The van der Waals surface area contributed by atoms with Crippen LogP contribution in [-0.4, -0.2) is 40.7 Å². The molecule has 1 aromatic carbocycles. The van der Waals surface area contributed by atoms with Crippen LogP contribution < -0.4 is 5.32 Å². The number of methoxy groups -OCH3 is 1. The van der Waals surface area contributed by atoms with Crippen LogP contribution in [0, 0.1) is 0 Å². The highest BCUT2D eigenvalue weighted by Crippen LogP contribution is 2.26. The quantitative estimate of drug-likeness (QED) is 0.663. The fourth-order valence-corrected chi connectivity index (χ4v) is 2.71. The number of imidazole rings is 1. The molecule has 6 nitrogen and oxygen atoms in total. The lowest BCUT2D eigenvalue weighted by molar-refractivity contribution is 0.0936. The second kappa shape index (κ2) is 7.65. The zero-order chi connectivity index (χ0) is 17.8. The van der Waals surface area contributed by atoms with Crippen LogP contribution in [0.1, 0.15) is 16.1 Å². The van der Waals surface area contributed by atoms with E-state index in [1.165, 1.54) is 0 Å². The fourth-order valence-electron chi connectivity index (χ4n) is 2.59. The van der Waals surface area contributed by atoms with Crippen LogP contribution in [0.25, 0.3) is 16.9 Å². The van der Waals surface area contributed by atoms with Gasteiger partial charge in [-0.25, -0.2) is 4.98 Å². The van der Waals surface area contributed by atoms with Crippen molar-refractivity contribution < 1.29 is 14.6 Å². The number of hydrogen-bond acceptors (Lipinski definition) is 4. The molecule has 2 heterocycles. The van der Waals surface area contributed by atoms with Crippen LogP contribution in [-0.2, 0) is 11.3 Å². The molecule has 25 heavy (non-hydrogen) atoms. The SMILES string of the molecule is COCCNC(=O)c1ccc2nc(-c3ccc(Cl)cc3)c(CO)n2c1. The highest BCUT2D eigenvalue weighted by atomic mass is 35.5. The van der Waals surface area contributed by atoms with Crippen LogP contribution >= 0.6 is 11.6 Å². The van der Waals surface area contributed by atoms with Gasteiger partial charge in [0.15, 0.2) is 0 Å². The van der Waals surface area contributed by atoms with E-state index >= 15 is 0 Å². The van der Waals surface area contributed by atoms with Gasteiger partial charge in [-0.1, -0.05) is 23.7 Å². The number of carbonyl (C=O) groups excluding carboxylic acids is 1. The van der Waals surface area contributed by atoms with Gasteiger partial charge in [0.05, 0.1) is 30.2 Å². The monoisotopic (exact) mass is 359 g/mol. The van der Waals surface area contributed by atoms with Crippen molar-refractivity contribution in [2.45, 2.75) is 6.61 Å². The molecular formula is C18H18ClN3O3. The van der Waals surface area contributed by atoms with E-state index in [1.807, 2.05) is 12.1 Å². The van der Waals surface area contributed by atoms with E-state index < -0.39 is 0 Å². The number of halogens is 1. The van der Waals surface area contributed by atoms with Gasteiger partial charge in [0.1, 0.15) is 5.65 Å². The first-order valence-electron chi connectivity index (χ1n) is 7.79. The molecule has 1 amide bonds. The van der Waals surface area contributed by atoms with E-state index in [4.69, 9.17) is 16.3 Å². The summed E-state index contributed by atoms with van der Waals surface area (Å²) >= 11 is 5.93. The average molecular weight is 360 g/mol.